The smallest absolute Gasteiger partial charge is 0.251 e. The third kappa shape index (κ3) is 5.39. The summed E-state index contributed by atoms with van der Waals surface area (Å²) in [6.45, 7) is 3.92. The highest BCUT2D eigenvalue weighted by Gasteiger charge is 2.30. The van der Waals surface area contributed by atoms with E-state index in [1.165, 1.54) is 0 Å². The van der Waals surface area contributed by atoms with E-state index in [0.717, 1.165) is 25.9 Å². The van der Waals surface area contributed by atoms with E-state index in [-0.39, 0.29) is 24.3 Å². The molecular weight excluding hydrogens is 402 g/mol. The van der Waals surface area contributed by atoms with Crippen LogP contribution >= 0.6 is 0 Å². The Morgan fingerprint density at radius 3 is 2.77 bits per heavy atom. The summed E-state index contributed by atoms with van der Waals surface area (Å²) >= 11 is 0. The maximum Gasteiger partial charge on any atom is 0.251 e. The third-order valence-electron chi connectivity index (χ3n) is 5.46. The number of ether oxygens (including phenoxy) is 2. The van der Waals surface area contributed by atoms with Gasteiger partial charge in [0.15, 0.2) is 5.82 Å². The van der Waals surface area contributed by atoms with Crippen molar-refractivity contribution in [3.63, 3.8) is 0 Å². The summed E-state index contributed by atoms with van der Waals surface area (Å²) in [5.41, 5.74) is 0.592. The van der Waals surface area contributed by atoms with Crippen molar-refractivity contribution in [2.75, 3.05) is 45.2 Å². The van der Waals surface area contributed by atoms with E-state index in [2.05, 4.69) is 20.4 Å². The normalized spacial score (nSPS) is 19.4. The number of hydrogen-bond donors (Lipinski definition) is 1. The Hall–Kier alpha value is -2.98. The molecule has 2 amide bonds. The first-order chi connectivity index (χ1) is 15.1. The molecule has 0 bridgehead atoms. The number of piperazine rings is 1. The van der Waals surface area contributed by atoms with Crippen LogP contribution in [0.25, 0.3) is 0 Å². The summed E-state index contributed by atoms with van der Waals surface area (Å²) in [6, 6.07) is 7.19. The molecule has 0 spiro atoms. The first-order valence-corrected chi connectivity index (χ1v) is 10.5. The van der Waals surface area contributed by atoms with Crippen molar-refractivity contribution in [3.8, 4) is 5.75 Å². The molecule has 1 aromatic carbocycles. The molecule has 166 valence electrons. The number of anilines is 1. The Kier molecular flexibility index (Phi) is 6.78. The number of nitrogens with zero attached hydrogens (tertiary/aromatic N) is 4. The number of rotatable bonds is 7. The first kappa shape index (κ1) is 21.3. The van der Waals surface area contributed by atoms with Gasteiger partial charge >= 0.3 is 0 Å². The van der Waals surface area contributed by atoms with E-state index in [1.54, 1.807) is 19.2 Å². The van der Waals surface area contributed by atoms with Gasteiger partial charge in [-0.2, -0.15) is 4.98 Å². The summed E-state index contributed by atoms with van der Waals surface area (Å²) < 4.78 is 16.0. The minimum Gasteiger partial charge on any atom is -0.495 e. The fourth-order valence-electron chi connectivity index (χ4n) is 3.81. The first-order valence-electron chi connectivity index (χ1n) is 10.5. The number of benzene rings is 1. The fourth-order valence-corrected chi connectivity index (χ4v) is 3.81. The second-order valence-electron chi connectivity index (χ2n) is 7.63. The van der Waals surface area contributed by atoms with Crippen molar-refractivity contribution in [1.29, 1.82) is 0 Å². The molecule has 3 heterocycles. The Morgan fingerprint density at radius 2 is 2.03 bits per heavy atom. The van der Waals surface area contributed by atoms with E-state index >= 15 is 0 Å². The lowest BCUT2D eigenvalue weighted by molar-refractivity contribution is -0.142. The van der Waals surface area contributed by atoms with Gasteiger partial charge < -0.3 is 24.2 Å². The zero-order chi connectivity index (χ0) is 21.6. The molecule has 10 nitrogen and oxygen atoms in total. The van der Waals surface area contributed by atoms with Crippen LogP contribution in [0.4, 0.5) is 5.69 Å². The number of hydrogen-bond acceptors (Lipinski definition) is 8. The Balaban J connectivity index is 1.24. The molecule has 1 atom stereocenters. The van der Waals surface area contributed by atoms with Crippen LogP contribution in [0.1, 0.15) is 24.6 Å². The largest absolute Gasteiger partial charge is 0.495 e. The lowest BCUT2D eigenvalue weighted by Crippen LogP contribution is -2.51. The van der Waals surface area contributed by atoms with E-state index < -0.39 is 0 Å². The standard InChI is InChI=1S/C21H27N5O5/c1-29-16-6-3-2-5-15(16)22-19(27)13-18-23-20(31-24-18)14-25-8-10-26(11-9-25)21(28)17-7-4-12-30-17/h2-3,5-6,17H,4,7-14H2,1H3,(H,22,27)/t17-/m0/s1. The molecular formula is C21H27N5O5. The maximum atomic E-state index is 12.4. The number of amides is 2. The van der Waals surface area contributed by atoms with Gasteiger partial charge in [0.05, 0.1) is 25.8 Å². The van der Waals surface area contributed by atoms with Gasteiger partial charge in [0.2, 0.25) is 11.8 Å². The predicted octanol–water partition coefficient (Wildman–Crippen LogP) is 1.08. The van der Waals surface area contributed by atoms with Crippen LogP contribution in [0.3, 0.4) is 0 Å². The van der Waals surface area contributed by atoms with Gasteiger partial charge in [-0.3, -0.25) is 14.5 Å². The van der Waals surface area contributed by atoms with Crippen molar-refractivity contribution in [3.05, 3.63) is 36.0 Å². The zero-order valence-electron chi connectivity index (χ0n) is 17.6. The van der Waals surface area contributed by atoms with Crippen LogP contribution in [0.5, 0.6) is 5.75 Å². The quantitative estimate of drug-likeness (QED) is 0.696. The van der Waals surface area contributed by atoms with Crippen LogP contribution in [0.2, 0.25) is 0 Å². The molecule has 4 rings (SSSR count). The van der Waals surface area contributed by atoms with Crippen molar-refractivity contribution in [1.82, 2.24) is 19.9 Å². The molecule has 1 aromatic heterocycles. The second-order valence-corrected chi connectivity index (χ2v) is 7.63. The predicted molar refractivity (Wildman–Crippen MR) is 110 cm³/mol. The number of methoxy groups -OCH3 is 1. The SMILES string of the molecule is COc1ccccc1NC(=O)Cc1noc(CN2CCN(C(=O)[C@@H]3CCCO3)CC2)n1. The van der Waals surface area contributed by atoms with Gasteiger partial charge in [-0.15, -0.1) is 0 Å². The maximum absolute atomic E-state index is 12.4. The lowest BCUT2D eigenvalue weighted by atomic mass is 10.2. The monoisotopic (exact) mass is 429 g/mol. The van der Waals surface area contributed by atoms with E-state index in [0.29, 0.717) is 49.4 Å². The molecule has 0 unspecified atom stereocenters. The molecule has 10 heteroatoms. The molecule has 2 fully saturated rings. The molecule has 0 aliphatic carbocycles. The summed E-state index contributed by atoms with van der Waals surface area (Å²) in [6.07, 6.45) is 1.50. The summed E-state index contributed by atoms with van der Waals surface area (Å²) in [5.74, 6) is 1.21. The fraction of sp³-hybridized carbons (Fsp3) is 0.524. The van der Waals surface area contributed by atoms with E-state index in [1.807, 2.05) is 17.0 Å². The van der Waals surface area contributed by atoms with Crippen LogP contribution in [0.15, 0.2) is 28.8 Å². The lowest BCUT2D eigenvalue weighted by Gasteiger charge is -2.35. The Morgan fingerprint density at radius 1 is 1.23 bits per heavy atom. The van der Waals surface area contributed by atoms with E-state index in [9.17, 15) is 9.59 Å². The van der Waals surface area contributed by atoms with Gasteiger partial charge in [-0.1, -0.05) is 17.3 Å². The van der Waals surface area contributed by atoms with Crippen molar-refractivity contribution in [2.24, 2.45) is 0 Å². The summed E-state index contributed by atoms with van der Waals surface area (Å²) in [7, 11) is 1.55. The highest BCUT2D eigenvalue weighted by Crippen LogP contribution is 2.23. The molecule has 2 aliphatic heterocycles. The molecule has 0 radical (unpaired) electrons. The molecule has 2 aliphatic rings. The highest BCUT2D eigenvalue weighted by molar-refractivity contribution is 5.93. The zero-order valence-corrected chi connectivity index (χ0v) is 17.6. The molecule has 0 saturated carbocycles. The number of aromatic nitrogens is 2. The van der Waals surface area contributed by atoms with Gasteiger partial charge in [0.25, 0.3) is 5.91 Å². The number of nitrogens with one attached hydrogen (secondary N) is 1. The average Bonchev–Trinajstić information content (AvgIpc) is 3.47. The number of carbonyl (C=O) groups excluding carboxylic acids is 2. The van der Waals surface area contributed by atoms with Crippen LogP contribution in [-0.2, 0) is 27.3 Å². The Labute approximate surface area is 180 Å². The van der Waals surface area contributed by atoms with Crippen LogP contribution in [-0.4, -0.2) is 77.8 Å². The average molecular weight is 429 g/mol. The minimum absolute atomic E-state index is 0.00518. The van der Waals surface area contributed by atoms with Gasteiger partial charge in [-0.25, -0.2) is 0 Å². The Bertz CT molecular complexity index is 903. The molecule has 31 heavy (non-hydrogen) atoms. The van der Waals surface area contributed by atoms with Gasteiger partial charge in [0.1, 0.15) is 11.9 Å². The van der Waals surface area contributed by atoms with Crippen molar-refractivity contribution in [2.45, 2.75) is 31.9 Å². The van der Waals surface area contributed by atoms with Crippen LogP contribution in [0, 0.1) is 0 Å². The topological polar surface area (TPSA) is 110 Å². The molecule has 1 N–H and O–H groups in total. The van der Waals surface area contributed by atoms with E-state index in [4.69, 9.17) is 14.0 Å². The molecule has 2 aromatic rings. The van der Waals surface area contributed by atoms with Gasteiger partial charge in [-0.05, 0) is 25.0 Å². The third-order valence-corrected chi connectivity index (χ3v) is 5.46. The van der Waals surface area contributed by atoms with Crippen LogP contribution < -0.4 is 10.1 Å². The summed E-state index contributed by atoms with van der Waals surface area (Å²) in [4.78, 5) is 33.1. The second kappa shape index (κ2) is 9.88. The highest BCUT2D eigenvalue weighted by atomic mass is 16.5. The summed E-state index contributed by atoms with van der Waals surface area (Å²) in [5, 5.41) is 6.71. The van der Waals surface area contributed by atoms with Crippen molar-refractivity contribution >= 4 is 17.5 Å². The molecule has 2 saturated heterocycles. The number of para-hydroxylation sites is 2. The number of carbonyl (C=O) groups is 2. The van der Waals surface area contributed by atoms with Crippen molar-refractivity contribution < 1.29 is 23.6 Å². The minimum atomic E-state index is -0.271. The van der Waals surface area contributed by atoms with Gasteiger partial charge in [0, 0.05) is 32.8 Å².